The Hall–Kier alpha value is -8.60. The minimum atomic E-state index is -0.119. The third-order valence-corrected chi connectivity index (χ3v) is 14.7. The van der Waals surface area contributed by atoms with E-state index in [1.807, 2.05) is 12.1 Å². The number of anilines is 4. The van der Waals surface area contributed by atoms with Gasteiger partial charge in [-0.3, -0.25) is 0 Å². The zero-order chi connectivity index (χ0) is 45.1. The van der Waals surface area contributed by atoms with Crippen molar-refractivity contribution in [2.24, 2.45) is 0 Å². The van der Waals surface area contributed by atoms with Crippen LogP contribution in [0.3, 0.4) is 0 Å². The number of nitrogens with zero attached hydrogens (tertiary/aromatic N) is 1. The Morgan fingerprint density at radius 2 is 1.00 bits per heavy atom. The Balaban J connectivity index is 0.954. The molecule has 0 saturated carbocycles. The lowest BCUT2D eigenvalue weighted by Gasteiger charge is -2.32. The molecule has 1 aliphatic heterocycles. The highest BCUT2D eigenvalue weighted by atomic mass is 16.3. The van der Waals surface area contributed by atoms with Gasteiger partial charge in [-0.1, -0.05) is 159 Å². The second kappa shape index (κ2) is 14.7. The van der Waals surface area contributed by atoms with Crippen molar-refractivity contribution in [3.05, 3.63) is 241 Å². The highest BCUT2D eigenvalue weighted by Gasteiger charge is 2.36. The van der Waals surface area contributed by atoms with Crippen molar-refractivity contribution in [3.8, 4) is 44.5 Å². The first-order chi connectivity index (χ1) is 33.5. The summed E-state index contributed by atoms with van der Waals surface area (Å²) in [5.41, 5.74) is 22.5. The SMILES string of the molecule is CC1(C)c2ccccc2-c2ccc(N(c3ccccc3)c3ccc(-c4c5c(cc6oc7ccccc7c46)NC(c4ccccc4)c4cc(-c6ccc7oc8ccccc8c7c6)ccc4-5)cc3)cc21. The molecule has 1 unspecified atom stereocenters. The van der Waals surface area contributed by atoms with E-state index in [0.29, 0.717) is 0 Å². The first-order valence-electron chi connectivity index (χ1n) is 23.5. The number of nitrogens with one attached hydrogen (secondary N) is 1. The molecular weight excluding hydrogens is 829 g/mol. The molecule has 12 aromatic rings. The average Bonchev–Trinajstić information content (AvgIpc) is 4.03. The van der Waals surface area contributed by atoms with Gasteiger partial charge in [-0.25, -0.2) is 0 Å². The van der Waals surface area contributed by atoms with Gasteiger partial charge in [0, 0.05) is 66.9 Å². The molecule has 2 aliphatic rings. The molecule has 1 N–H and O–H groups in total. The van der Waals surface area contributed by atoms with E-state index in [9.17, 15) is 0 Å². The monoisotopic (exact) mass is 872 g/mol. The van der Waals surface area contributed by atoms with Gasteiger partial charge in [0.2, 0.25) is 0 Å². The van der Waals surface area contributed by atoms with Crippen LogP contribution in [0.2, 0.25) is 0 Å². The molecule has 1 aliphatic carbocycles. The van der Waals surface area contributed by atoms with E-state index in [-0.39, 0.29) is 11.5 Å². The zero-order valence-corrected chi connectivity index (χ0v) is 37.6. The maximum absolute atomic E-state index is 6.74. The number of hydrogen-bond donors (Lipinski definition) is 1. The van der Waals surface area contributed by atoms with Crippen molar-refractivity contribution in [2.45, 2.75) is 25.3 Å². The van der Waals surface area contributed by atoms with E-state index in [0.717, 1.165) is 88.9 Å². The van der Waals surface area contributed by atoms with Crippen molar-refractivity contribution < 1.29 is 8.83 Å². The Morgan fingerprint density at radius 1 is 0.412 bits per heavy atom. The molecular formula is C64H44N2O2. The minimum absolute atomic E-state index is 0.0984. The molecule has 0 saturated heterocycles. The summed E-state index contributed by atoms with van der Waals surface area (Å²) in [6.45, 7) is 4.70. The second-order valence-corrected chi connectivity index (χ2v) is 18.9. The number of rotatable bonds is 6. The molecule has 322 valence electrons. The molecule has 10 aromatic carbocycles. The Labute approximate surface area is 394 Å². The number of fused-ring (bicyclic) bond motifs is 12. The van der Waals surface area contributed by atoms with E-state index >= 15 is 0 Å². The van der Waals surface area contributed by atoms with Gasteiger partial charge in [0.05, 0.1) is 6.04 Å². The minimum Gasteiger partial charge on any atom is -0.456 e. The van der Waals surface area contributed by atoms with Crippen LogP contribution in [-0.4, -0.2) is 0 Å². The summed E-state index contributed by atoms with van der Waals surface area (Å²) in [5.74, 6) is 0. The van der Waals surface area contributed by atoms with E-state index in [1.165, 1.54) is 44.5 Å². The number of benzene rings is 10. The summed E-state index contributed by atoms with van der Waals surface area (Å²) in [4.78, 5) is 2.39. The van der Waals surface area contributed by atoms with Crippen LogP contribution in [0.25, 0.3) is 88.4 Å². The summed E-state index contributed by atoms with van der Waals surface area (Å²) >= 11 is 0. The van der Waals surface area contributed by atoms with E-state index in [1.54, 1.807) is 0 Å². The molecule has 0 fully saturated rings. The van der Waals surface area contributed by atoms with Crippen LogP contribution in [0.15, 0.2) is 227 Å². The van der Waals surface area contributed by atoms with Gasteiger partial charge in [0.15, 0.2) is 0 Å². The van der Waals surface area contributed by atoms with Crippen LogP contribution in [0.1, 0.15) is 42.1 Å². The van der Waals surface area contributed by atoms with Crippen molar-refractivity contribution >= 4 is 66.6 Å². The largest absolute Gasteiger partial charge is 0.456 e. The van der Waals surface area contributed by atoms with E-state index < -0.39 is 0 Å². The maximum Gasteiger partial charge on any atom is 0.138 e. The fourth-order valence-corrected chi connectivity index (χ4v) is 11.5. The summed E-state index contributed by atoms with van der Waals surface area (Å²) in [6, 6.07) is 79.0. The predicted octanol–water partition coefficient (Wildman–Crippen LogP) is 17.8. The van der Waals surface area contributed by atoms with E-state index in [2.05, 4.69) is 230 Å². The summed E-state index contributed by atoms with van der Waals surface area (Å²) < 4.78 is 13.0. The Morgan fingerprint density at radius 3 is 1.82 bits per heavy atom. The van der Waals surface area contributed by atoms with Gasteiger partial charge >= 0.3 is 0 Å². The standard InChI is InChI=1S/C64H44N2O2/c1-64(2)53-22-12-9-19-46(53)47-33-31-45(37-54(47)64)66(43-17-7-4-8-18-43)44-29-25-39(26-30-44)60-61-49-32-27-41(42-28-34-58-51(35-42)48-20-10-13-23-56(48)67-58)36-52(49)63(40-15-5-3-6-16-40)65-55(61)38-59-62(60)50-21-11-14-24-57(50)68-59/h3-38,63,65H,1-2H3. The smallest absolute Gasteiger partial charge is 0.138 e. The highest BCUT2D eigenvalue weighted by molar-refractivity contribution is 6.19. The first-order valence-corrected chi connectivity index (χ1v) is 23.5. The molecule has 4 heteroatoms. The number of para-hydroxylation sites is 3. The average molecular weight is 873 g/mol. The van der Waals surface area contributed by atoms with Gasteiger partial charge in [0.1, 0.15) is 22.3 Å². The van der Waals surface area contributed by atoms with Crippen LogP contribution < -0.4 is 10.2 Å². The molecule has 0 radical (unpaired) electrons. The molecule has 0 bridgehead atoms. The highest BCUT2D eigenvalue weighted by Crippen LogP contribution is 2.54. The number of hydrogen-bond acceptors (Lipinski definition) is 4. The summed E-state index contributed by atoms with van der Waals surface area (Å²) in [7, 11) is 0. The molecule has 1 atom stereocenters. The zero-order valence-electron chi connectivity index (χ0n) is 37.6. The summed E-state index contributed by atoms with van der Waals surface area (Å²) in [5, 5.41) is 8.52. The normalized spacial score (nSPS) is 14.4. The lowest BCUT2D eigenvalue weighted by Crippen LogP contribution is -2.19. The quantitative estimate of drug-likeness (QED) is 0.181. The molecule has 0 amide bonds. The van der Waals surface area contributed by atoms with Crippen LogP contribution >= 0.6 is 0 Å². The van der Waals surface area contributed by atoms with Gasteiger partial charge in [-0.05, 0) is 122 Å². The number of furan rings is 2. The molecule has 4 nitrogen and oxygen atoms in total. The topological polar surface area (TPSA) is 41.6 Å². The van der Waals surface area contributed by atoms with Gasteiger partial charge in [-0.15, -0.1) is 0 Å². The fraction of sp³-hybridized carbons (Fsp3) is 0.0625. The third-order valence-electron chi connectivity index (χ3n) is 14.7. The van der Waals surface area contributed by atoms with Gasteiger partial charge < -0.3 is 19.1 Å². The molecule has 68 heavy (non-hydrogen) atoms. The van der Waals surface area contributed by atoms with Gasteiger partial charge in [0.25, 0.3) is 0 Å². The molecule has 2 aromatic heterocycles. The lowest BCUT2D eigenvalue weighted by molar-refractivity contribution is 0.660. The lowest BCUT2D eigenvalue weighted by atomic mass is 9.80. The van der Waals surface area contributed by atoms with Crippen molar-refractivity contribution in [3.63, 3.8) is 0 Å². The van der Waals surface area contributed by atoms with Crippen LogP contribution in [0.5, 0.6) is 0 Å². The maximum atomic E-state index is 6.74. The Kier molecular flexibility index (Phi) is 8.36. The fourth-order valence-electron chi connectivity index (χ4n) is 11.5. The van der Waals surface area contributed by atoms with Crippen molar-refractivity contribution in [2.75, 3.05) is 10.2 Å². The van der Waals surface area contributed by atoms with Crippen molar-refractivity contribution in [1.82, 2.24) is 0 Å². The van der Waals surface area contributed by atoms with Crippen molar-refractivity contribution in [1.29, 1.82) is 0 Å². The van der Waals surface area contributed by atoms with E-state index in [4.69, 9.17) is 8.83 Å². The van der Waals surface area contributed by atoms with Crippen LogP contribution in [0.4, 0.5) is 22.7 Å². The molecule has 0 spiro atoms. The van der Waals surface area contributed by atoms with Crippen LogP contribution in [-0.2, 0) is 5.41 Å². The third kappa shape index (κ3) is 5.80. The first kappa shape index (κ1) is 38.6. The predicted molar refractivity (Wildman–Crippen MR) is 281 cm³/mol. The Bertz CT molecular complexity index is 3970. The summed E-state index contributed by atoms with van der Waals surface area (Å²) in [6.07, 6.45) is 0. The second-order valence-electron chi connectivity index (χ2n) is 18.9. The molecule has 3 heterocycles. The van der Waals surface area contributed by atoms with Crippen LogP contribution in [0, 0.1) is 0 Å². The molecule has 14 rings (SSSR count). The van der Waals surface area contributed by atoms with Gasteiger partial charge in [-0.2, -0.15) is 0 Å².